The molecule has 1 atom stereocenters. The van der Waals surface area contributed by atoms with Crippen molar-refractivity contribution in [3.8, 4) is 0 Å². The van der Waals surface area contributed by atoms with E-state index >= 15 is 0 Å². The maximum absolute atomic E-state index is 13.1. The van der Waals surface area contributed by atoms with Crippen LogP contribution in [0.1, 0.15) is 59.4 Å². The molecule has 0 aliphatic heterocycles. The molecular weight excluding hydrogens is 265 g/mol. The fraction of sp³-hybridized carbons (Fsp3) is 0.667. The SMILES string of the molecule is CC(C)(C)NCC(CCOC(C)(C)C)c1ccc(F)cc1. The van der Waals surface area contributed by atoms with E-state index in [1.807, 2.05) is 12.1 Å². The van der Waals surface area contributed by atoms with Gasteiger partial charge >= 0.3 is 0 Å². The van der Waals surface area contributed by atoms with Crippen molar-refractivity contribution in [2.24, 2.45) is 0 Å². The molecule has 0 spiro atoms. The van der Waals surface area contributed by atoms with Crippen LogP contribution in [-0.4, -0.2) is 24.3 Å². The minimum absolute atomic E-state index is 0.0726. The normalized spacial score (nSPS) is 14.2. The number of rotatable bonds is 6. The molecule has 0 aliphatic rings. The average Bonchev–Trinajstić information content (AvgIpc) is 2.32. The van der Waals surface area contributed by atoms with Gasteiger partial charge in [0, 0.05) is 18.7 Å². The third kappa shape index (κ3) is 8.18. The number of hydrogen-bond acceptors (Lipinski definition) is 2. The fourth-order valence-corrected chi connectivity index (χ4v) is 2.06. The van der Waals surface area contributed by atoms with Gasteiger partial charge in [0.1, 0.15) is 5.82 Å². The van der Waals surface area contributed by atoms with Crippen LogP contribution in [-0.2, 0) is 4.74 Å². The molecule has 0 bridgehead atoms. The monoisotopic (exact) mass is 295 g/mol. The van der Waals surface area contributed by atoms with Gasteiger partial charge < -0.3 is 10.1 Å². The van der Waals surface area contributed by atoms with E-state index in [0.29, 0.717) is 12.5 Å². The summed E-state index contributed by atoms with van der Waals surface area (Å²) in [6.45, 7) is 14.2. The molecule has 21 heavy (non-hydrogen) atoms. The third-order valence-electron chi connectivity index (χ3n) is 3.22. The first-order valence-electron chi connectivity index (χ1n) is 7.71. The summed E-state index contributed by atoms with van der Waals surface area (Å²) >= 11 is 0. The van der Waals surface area contributed by atoms with E-state index < -0.39 is 0 Å². The van der Waals surface area contributed by atoms with E-state index in [4.69, 9.17) is 4.74 Å². The quantitative estimate of drug-likeness (QED) is 0.834. The molecule has 0 aliphatic carbocycles. The van der Waals surface area contributed by atoms with E-state index in [-0.39, 0.29) is 17.0 Å². The minimum atomic E-state index is -0.188. The topological polar surface area (TPSA) is 21.3 Å². The molecule has 0 saturated carbocycles. The molecular formula is C18H30FNO. The smallest absolute Gasteiger partial charge is 0.123 e. The van der Waals surface area contributed by atoms with Gasteiger partial charge in [-0.15, -0.1) is 0 Å². The van der Waals surface area contributed by atoms with Crippen LogP contribution in [0.4, 0.5) is 4.39 Å². The van der Waals surface area contributed by atoms with Crippen LogP contribution < -0.4 is 5.32 Å². The summed E-state index contributed by atoms with van der Waals surface area (Å²) < 4.78 is 18.9. The third-order valence-corrected chi connectivity index (χ3v) is 3.22. The van der Waals surface area contributed by atoms with Gasteiger partial charge in [-0.3, -0.25) is 0 Å². The predicted molar refractivity (Wildman–Crippen MR) is 87.2 cm³/mol. The Morgan fingerprint density at radius 2 is 1.62 bits per heavy atom. The summed E-state index contributed by atoms with van der Waals surface area (Å²) in [5.74, 6) is 0.138. The van der Waals surface area contributed by atoms with Gasteiger partial charge in [-0.05, 0) is 71.6 Å². The highest BCUT2D eigenvalue weighted by molar-refractivity contribution is 5.21. The van der Waals surface area contributed by atoms with E-state index in [1.54, 1.807) is 0 Å². The standard InChI is InChI=1S/C18H30FNO/c1-17(2,3)20-13-15(11-12-21-18(4,5)6)14-7-9-16(19)10-8-14/h7-10,15,20H,11-13H2,1-6H3. The van der Waals surface area contributed by atoms with Crippen molar-refractivity contribution in [2.45, 2.75) is 65.0 Å². The molecule has 1 N–H and O–H groups in total. The predicted octanol–water partition coefficient (Wildman–Crippen LogP) is 4.50. The molecule has 2 nitrogen and oxygen atoms in total. The van der Waals surface area contributed by atoms with Crippen molar-refractivity contribution in [3.05, 3.63) is 35.6 Å². The van der Waals surface area contributed by atoms with Crippen LogP contribution in [0.2, 0.25) is 0 Å². The molecule has 120 valence electrons. The Kier molecular flexibility index (Phi) is 6.36. The van der Waals surface area contributed by atoms with Gasteiger partial charge in [0.15, 0.2) is 0 Å². The number of nitrogens with one attached hydrogen (secondary N) is 1. The Balaban J connectivity index is 2.67. The molecule has 0 amide bonds. The zero-order valence-electron chi connectivity index (χ0n) is 14.3. The summed E-state index contributed by atoms with van der Waals surface area (Å²) in [7, 11) is 0. The minimum Gasteiger partial charge on any atom is -0.376 e. The lowest BCUT2D eigenvalue weighted by molar-refractivity contribution is -0.00639. The largest absolute Gasteiger partial charge is 0.376 e. The number of benzene rings is 1. The van der Waals surface area contributed by atoms with Gasteiger partial charge in [0.25, 0.3) is 0 Å². The lowest BCUT2D eigenvalue weighted by Crippen LogP contribution is -2.39. The molecule has 0 radical (unpaired) electrons. The van der Waals surface area contributed by atoms with Crippen molar-refractivity contribution in [2.75, 3.05) is 13.2 Å². The second kappa shape index (κ2) is 7.37. The van der Waals surface area contributed by atoms with Gasteiger partial charge in [-0.2, -0.15) is 0 Å². The van der Waals surface area contributed by atoms with E-state index in [0.717, 1.165) is 18.5 Å². The van der Waals surface area contributed by atoms with Crippen molar-refractivity contribution in [1.29, 1.82) is 0 Å². The fourth-order valence-electron chi connectivity index (χ4n) is 2.06. The van der Waals surface area contributed by atoms with Gasteiger partial charge in [0.2, 0.25) is 0 Å². The molecule has 1 aromatic rings. The van der Waals surface area contributed by atoms with Crippen LogP contribution in [0.5, 0.6) is 0 Å². The highest BCUT2D eigenvalue weighted by atomic mass is 19.1. The lowest BCUT2D eigenvalue weighted by Gasteiger charge is -2.27. The van der Waals surface area contributed by atoms with Crippen molar-refractivity contribution >= 4 is 0 Å². The Morgan fingerprint density at radius 3 is 2.10 bits per heavy atom. The Morgan fingerprint density at radius 1 is 1.05 bits per heavy atom. The molecule has 0 aromatic heterocycles. The molecule has 0 heterocycles. The molecule has 3 heteroatoms. The Hall–Kier alpha value is -0.930. The first-order chi connectivity index (χ1) is 9.57. The first-order valence-corrected chi connectivity index (χ1v) is 7.71. The zero-order valence-corrected chi connectivity index (χ0v) is 14.3. The number of hydrogen-bond donors (Lipinski definition) is 1. The Bertz CT molecular complexity index is 414. The Labute approximate surface area is 129 Å². The summed E-state index contributed by atoms with van der Waals surface area (Å²) in [5, 5.41) is 3.53. The van der Waals surface area contributed by atoms with Crippen LogP contribution in [0.25, 0.3) is 0 Å². The maximum Gasteiger partial charge on any atom is 0.123 e. The van der Waals surface area contributed by atoms with Gasteiger partial charge in [-0.25, -0.2) is 4.39 Å². The highest BCUT2D eigenvalue weighted by Crippen LogP contribution is 2.21. The number of halogens is 1. The van der Waals surface area contributed by atoms with Gasteiger partial charge in [-0.1, -0.05) is 12.1 Å². The average molecular weight is 295 g/mol. The van der Waals surface area contributed by atoms with Crippen molar-refractivity contribution in [3.63, 3.8) is 0 Å². The van der Waals surface area contributed by atoms with Crippen LogP contribution in [0, 0.1) is 5.82 Å². The first kappa shape index (κ1) is 18.1. The van der Waals surface area contributed by atoms with Crippen molar-refractivity contribution in [1.82, 2.24) is 5.32 Å². The van der Waals surface area contributed by atoms with Crippen LogP contribution in [0.15, 0.2) is 24.3 Å². The summed E-state index contributed by atoms with van der Waals surface area (Å²) in [5.41, 5.74) is 1.11. The molecule has 0 fully saturated rings. The second-order valence-corrected chi connectivity index (χ2v) is 7.63. The summed E-state index contributed by atoms with van der Waals surface area (Å²) in [6.07, 6.45) is 0.923. The molecule has 0 saturated heterocycles. The van der Waals surface area contributed by atoms with E-state index in [1.165, 1.54) is 12.1 Å². The summed E-state index contributed by atoms with van der Waals surface area (Å²) in [6, 6.07) is 6.82. The van der Waals surface area contributed by atoms with Crippen molar-refractivity contribution < 1.29 is 9.13 Å². The molecule has 1 rings (SSSR count). The number of ether oxygens (including phenoxy) is 1. The molecule has 1 unspecified atom stereocenters. The maximum atomic E-state index is 13.1. The van der Waals surface area contributed by atoms with Gasteiger partial charge in [0.05, 0.1) is 5.60 Å². The second-order valence-electron chi connectivity index (χ2n) is 7.63. The van der Waals surface area contributed by atoms with Crippen LogP contribution in [0.3, 0.4) is 0 Å². The highest BCUT2D eigenvalue weighted by Gasteiger charge is 2.18. The zero-order chi connectivity index (χ0) is 16.1. The summed E-state index contributed by atoms with van der Waals surface area (Å²) in [4.78, 5) is 0. The van der Waals surface area contributed by atoms with E-state index in [9.17, 15) is 4.39 Å². The molecule has 1 aromatic carbocycles. The van der Waals surface area contributed by atoms with E-state index in [2.05, 4.69) is 46.9 Å². The van der Waals surface area contributed by atoms with Crippen LogP contribution >= 0.6 is 0 Å². The lowest BCUT2D eigenvalue weighted by atomic mass is 9.94.